The monoisotopic (exact) mass is 228 g/mol. The molecule has 16 heavy (non-hydrogen) atoms. The van der Waals surface area contributed by atoms with Gasteiger partial charge in [0.15, 0.2) is 0 Å². The lowest BCUT2D eigenvalue weighted by atomic mass is 10.2. The largest absolute Gasteiger partial charge is 0.394 e. The molecule has 0 fully saturated rings. The minimum atomic E-state index is -0.687. The van der Waals surface area contributed by atoms with Gasteiger partial charge < -0.3 is 15.5 Å². The highest BCUT2D eigenvalue weighted by Gasteiger charge is 2.17. The van der Waals surface area contributed by atoms with Gasteiger partial charge in [-0.1, -0.05) is 13.8 Å². The van der Waals surface area contributed by atoms with E-state index in [1.165, 1.54) is 0 Å². The van der Waals surface area contributed by atoms with Crippen molar-refractivity contribution in [1.82, 2.24) is 20.5 Å². The van der Waals surface area contributed by atoms with Crippen LogP contribution in [0.5, 0.6) is 0 Å². The third kappa shape index (κ3) is 3.01. The Bertz CT molecular complexity index is 346. The molecule has 0 spiro atoms. The van der Waals surface area contributed by atoms with Crippen molar-refractivity contribution >= 4 is 5.91 Å². The molecule has 0 aliphatic rings. The molecular weight excluding hydrogens is 212 g/mol. The van der Waals surface area contributed by atoms with Crippen LogP contribution in [0.4, 0.5) is 0 Å². The van der Waals surface area contributed by atoms with Gasteiger partial charge in [0.25, 0.3) is 5.91 Å². The zero-order chi connectivity index (χ0) is 12.1. The molecule has 0 atom stereocenters. The van der Waals surface area contributed by atoms with Crippen LogP contribution in [-0.4, -0.2) is 50.6 Å². The number of aromatic amines is 1. The minimum Gasteiger partial charge on any atom is -0.394 e. The number of H-pyrrole nitrogens is 1. The maximum absolute atomic E-state index is 11.5. The van der Waals surface area contributed by atoms with Gasteiger partial charge in [-0.3, -0.25) is 9.89 Å². The van der Waals surface area contributed by atoms with Crippen molar-refractivity contribution in [3.05, 3.63) is 11.6 Å². The number of rotatable bonds is 5. The van der Waals surface area contributed by atoms with Crippen LogP contribution in [0, 0.1) is 0 Å². The summed E-state index contributed by atoms with van der Waals surface area (Å²) in [5.74, 6) is 0.266. The predicted octanol–water partition coefficient (Wildman–Crippen LogP) is -0.989. The maximum Gasteiger partial charge on any atom is 0.291 e. The zero-order valence-electron chi connectivity index (χ0n) is 9.27. The summed E-state index contributed by atoms with van der Waals surface area (Å²) < 4.78 is 0. The number of nitrogens with one attached hydrogen (secondary N) is 2. The number of hydrogen-bond donors (Lipinski definition) is 4. The van der Waals surface area contributed by atoms with Crippen molar-refractivity contribution in [1.29, 1.82) is 0 Å². The van der Waals surface area contributed by atoms with Crippen molar-refractivity contribution in [2.45, 2.75) is 25.8 Å². The van der Waals surface area contributed by atoms with Crippen LogP contribution in [0.1, 0.15) is 36.2 Å². The molecular formula is C9H16N4O3. The van der Waals surface area contributed by atoms with Crippen molar-refractivity contribution in [2.24, 2.45) is 0 Å². The SMILES string of the molecule is CC(C)c1nc(C(=O)NC(CO)CO)n[nH]1. The van der Waals surface area contributed by atoms with Gasteiger partial charge in [0.2, 0.25) is 5.82 Å². The molecule has 0 saturated heterocycles. The van der Waals surface area contributed by atoms with Crippen LogP contribution in [0.15, 0.2) is 0 Å². The highest BCUT2D eigenvalue weighted by Crippen LogP contribution is 2.07. The first-order valence-corrected chi connectivity index (χ1v) is 5.03. The van der Waals surface area contributed by atoms with Crippen LogP contribution < -0.4 is 5.32 Å². The Labute approximate surface area is 92.9 Å². The van der Waals surface area contributed by atoms with Gasteiger partial charge in [-0.2, -0.15) is 0 Å². The molecule has 1 rings (SSSR count). The fraction of sp³-hybridized carbons (Fsp3) is 0.667. The lowest BCUT2D eigenvalue weighted by Crippen LogP contribution is -2.40. The van der Waals surface area contributed by atoms with E-state index in [1.807, 2.05) is 13.8 Å². The summed E-state index contributed by atoms with van der Waals surface area (Å²) >= 11 is 0. The first kappa shape index (κ1) is 12.6. The van der Waals surface area contributed by atoms with Crippen LogP contribution in [-0.2, 0) is 0 Å². The molecule has 4 N–H and O–H groups in total. The molecule has 7 heteroatoms. The third-order valence-corrected chi connectivity index (χ3v) is 2.03. The number of carbonyl (C=O) groups is 1. The summed E-state index contributed by atoms with van der Waals surface area (Å²) in [6, 6.07) is -0.687. The van der Waals surface area contributed by atoms with E-state index in [4.69, 9.17) is 10.2 Å². The number of hydrogen-bond acceptors (Lipinski definition) is 5. The summed E-state index contributed by atoms with van der Waals surface area (Å²) in [7, 11) is 0. The highest BCUT2D eigenvalue weighted by molar-refractivity contribution is 5.90. The topological polar surface area (TPSA) is 111 Å². The lowest BCUT2D eigenvalue weighted by molar-refractivity contribution is 0.0869. The molecule has 0 aliphatic carbocycles. The van der Waals surface area contributed by atoms with E-state index in [1.54, 1.807) is 0 Å². The number of carbonyl (C=O) groups excluding carboxylic acids is 1. The lowest BCUT2D eigenvalue weighted by Gasteiger charge is -2.11. The molecule has 1 amide bonds. The molecule has 90 valence electrons. The number of aliphatic hydroxyl groups is 2. The predicted molar refractivity (Wildman–Crippen MR) is 55.9 cm³/mol. The number of amides is 1. The Balaban J connectivity index is 2.65. The number of aromatic nitrogens is 3. The molecule has 1 heterocycles. The highest BCUT2D eigenvalue weighted by atomic mass is 16.3. The smallest absolute Gasteiger partial charge is 0.291 e. The van der Waals surface area contributed by atoms with Crippen LogP contribution in [0.2, 0.25) is 0 Å². The Kier molecular flexibility index (Phi) is 4.39. The van der Waals surface area contributed by atoms with Crippen LogP contribution >= 0.6 is 0 Å². The summed E-state index contributed by atoms with van der Waals surface area (Å²) in [4.78, 5) is 15.5. The first-order valence-electron chi connectivity index (χ1n) is 5.03. The summed E-state index contributed by atoms with van der Waals surface area (Å²) in [6.07, 6.45) is 0. The van der Waals surface area contributed by atoms with Crippen molar-refractivity contribution in [3.8, 4) is 0 Å². The van der Waals surface area contributed by atoms with E-state index >= 15 is 0 Å². The summed E-state index contributed by atoms with van der Waals surface area (Å²) in [5.41, 5.74) is 0. The molecule has 1 aromatic heterocycles. The second kappa shape index (κ2) is 5.57. The van der Waals surface area contributed by atoms with E-state index in [-0.39, 0.29) is 25.0 Å². The molecule has 0 unspecified atom stereocenters. The van der Waals surface area contributed by atoms with Gasteiger partial charge in [0, 0.05) is 5.92 Å². The van der Waals surface area contributed by atoms with Gasteiger partial charge >= 0.3 is 0 Å². The van der Waals surface area contributed by atoms with Gasteiger partial charge in [-0.05, 0) is 0 Å². The van der Waals surface area contributed by atoms with E-state index < -0.39 is 11.9 Å². The zero-order valence-corrected chi connectivity index (χ0v) is 9.27. The Morgan fingerprint density at radius 1 is 1.44 bits per heavy atom. The van der Waals surface area contributed by atoms with Gasteiger partial charge in [-0.25, -0.2) is 4.98 Å². The van der Waals surface area contributed by atoms with Crippen LogP contribution in [0.3, 0.4) is 0 Å². The second-order valence-corrected chi connectivity index (χ2v) is 3.73. The van der Waals surface area contributed by atoms with Crippen molar-refractivity contribution in [3.63, 3.8) is 0 Å². The molecule has 0 bridgehead atoms. The minimum absolute atomic E-state index is 0.00981. The molecule has 0 radical (unpaired) electrons. The molecule has 0 aromatic carbocycles. The van der Waals surface area contributed by atoms with E-state index in [0.717, 1.165) is 0 Å². The van der Waals surface area contributed by atoms with Crippen LogP contribution in [0.25, 0.3) is 0 Å². The molecule has 7 nitrogen and oxygen atoms in total. The second-order valence-electron chi connectivity index (χ2n) is 3.73. The maximum atomic E-state index is 11.5. The van der Waals surface area contributed by atoms with Gasteiger partial charge in [0.05, 0.1) is 19.3 Å². The first-order chi connectivity index (χ1) is 7.58. The Morgan fingerprint density at radius 2 is 2.06 bits per heavy atom. The van der Waals surface area contributed by atoms with Crippen molar-refractivity contribution < 1.29 is 15.0 Å². The normalized spacial score (nSPS) is 11.1. The average molecular weight is 228 g/mol. The van der Waals surface area contributed by atoms with E-state index in [2.05, 4.69) is 20.5 Å². The van der Waals surface area contributed by atoms with E-state index in [9.17, 15) is 4.79 Å². The summed E-state index contributed by atoms with van der Waals surface area (Å²) in [5, 5.41) is 26.4. The fourth-order valence-electron chi connectivity index (χ4n) is 1.03. The Morgan fingerprint density at radius 3 is 2.50 bits per heavy atom. The fourth-order valence-corrected chi connectivity index (χ4v) is 1.03. The van der Waals surface area contributed by atoms with Crippen molar-refractivity contribution in [2.75, 3.05) is 13.2 Å². The number of aliphatic hydroxyl groups excluding tert-OH is 2. The molecule has 0 aliphatic heterocycles. The Hall–Kier alpha value is -1.47. The summed E-state index contributed by atoms with van der Waals surface area (Å²) in [6.45, 7) is 3.19. The average Bonchev–Trinajstić information content (AvgIpc) is 2.74. The quantitative estimate of drug-likeness (QED) is 0.517. The van der Waals surface area contributed by atoms with Gasteiger partial charge in [-0.15, -0.1) is 5.10 Å². The standard InChI is InChI=1S/C9H16N4O3/c1-5(2)7-11-8(13-12-7)9(16)10-6(3-14)4-15/h5-6,14-15H,3-4H2,1-2H3,(H,10,16)(H,11,12,13). The third-order valence-electron chi connectivity index (χ3n) is 2.03. The number of nitrogens with zero attached hydrogens (tertiary/aromatic N) is 2. The van der Waals surface area contributed by atoms with Gasteiger partial charge in [0.1, 0.15) is 5.82 Å². The molecule has 1 aromatic rings. The van der Waals surface area contributed by atoms with E-state index in [0.29, 0.717) is 5.82 Å². The molecule has 0 saturated carbocycles.